The van der Waals surface area contributed by atoms with Crippen LogP contribution >= 0.6 is 0 Å². The van der Waals surface area contributed by atoms with Crippen LogP contribution in [0.4, 0.5) is 5.69 Å². The molecule has 1 heteroatoms. The van der Waals surface area contributed by atoms with Gasteiger partial charge in [-0.2, -0.15) is 0 Å². The van der Waals surface area contributed by atoms with Crippen LogP contribution in [0.5, 0.6) is 0 Å². The molecule has 42 heavy (non-hydrogen) atoms. The van der Waals surface area contributed by atoms with E-state index in [0.29, 0.717) is 23.8 Å². The lowest BCUT2D eigenvalue weighted by atomic mass is 9.64. The first-order valence-electron chi connectivity index (χ1n) is 15.4. The zero-order chi connectivity index (χ0) is 27.8. The number of rotatable bonds is 3. The fourth-order valence-electron chi connectivity index (χ4n) is 8.61. The minimum atomic E-state index is 0.341. The molecule has 0 N–H and O–H groups in total. The van der Waals surface area contributed by atoms with Gasteiger partial charge in [0.25, 0.3) is 0 Å². The average Bonchev–Trinajstić information content (AvgIpc) is 3.35. The molecule has 9 rings (SSSR count). The molecule has 1 aliphatic heterocycles. The minimum absolute atomic E-state index is 0.341. The van der Waals surface area contributed by atoms with Gasteiger partial charge in [0.15, 0.2) is 0 Å². The number of nitrogens with zero attached hydrogens (tertiary/aromatic N) is 1. The summed E-state index contributed by atoms with van der Waals surface area (Å²) in [5.41, 5.74) is 17.2. The Morgan fingerprint density at radius 2 is 1.43 bits per heavy atom. The zero-order valence-electron chi connectivity index (χ0n) is 23.9. The Hall–Kier alpha value is -4.62. The van der Waals surface area contributed by atoms with Crippen LogP contribution in [0.15, 0.2) is 150 Å². The third-order valence-electron chi connectivity index (χ3n) is 10.3. The van der Waals surface area contributed by atoms with E-state index in [2.05, 4.69) is 145 Å². The maximum absolute atomic E-state index is 2.79. The van der Waals surface area contributed by atoms with Gasteiger partial charge in [-0.3, -0.25) is 0 Å². The summed E-state index contributed by atoms with van der Waals surface area (Å²) in [6, 6.07) is 40.9. The first kappa shape index (κ1) is 24.0. The zero-order valence-corrected chi connectivity index (χ0v) is 23.9. The van der Waals surface area contributed by atoms with Gasteiger partial charge in [0.2, 0.25) is 0 Å². The quantitative estimate of drug-likeness (QED) is 0.250. The number of fused-ring (bicyclic) bond motifs is 3. The van der Waals surface area contributed by atoms with Crippen LogP contribution < -0.4 is 4.90 Å². The molecule has 0 amide bonds. The van der Waals surface area contributed by atoms with Crippen LogP contribution in [0.2, 0.25) is 0 Å². The molecule has 4 atom stereocenters. The van der Waals surface area contributed by atoms with Crippen molar-refractivity contribution in [3.8, 4) is 11.1 Å². The van der Waals surface area contributed by atoms with Gasteiger partial charge >= 0.3 is 0 Å². The van der Waals surface area contributed by atoms with E-state index in [1.165, 1.54) is 55.8 Å². The highest BCUT2D eigenvalue weighted by molar-refractivity contribution is 5.97. The van der Waals surface area contributed by atoms with Crippen molar-refractivity contribution in [3.05, 3.63) is 167 Å². The minimum Gasteiger partial charge on any atom is -0.340 e. The van der Waals surface area contributed by atoms with E-state index < -0.39 is 0 Å². The lowest BCUT2D eigenvalue weighted by molar-refractivity contribution is 0.435. The highest BCUT2D eigenvalue weighted by Crippen LogP contribution is 2.63. The summed E-state index contributed by atoms with van der Waals surface area (Å²) in [6.07, 6.45) is 11.8. The predicted molar refractivity (Wildman–Crippen MR) is 175 cm³/mol. The predicted octanol–water partition coefficient (Wildman–Crippen LogP) is 9.98. The van der Waals surface area contributed by atoms with E-state index in [0.717, 1.165) is 12.8 Å². The Morgan fingerprint density at radius 1 is 0.714 bits per heavy atom. The second-order valence-corrected chi connectivity index (χ2v) is 12.4. The Labute approximate surface area is 248 Å². The Bertz CT molecular complexity index is 1900. The molecule has 0 spiro atoms. The summed E-state index contributed by atoms with van der Waals surface area (Å²) in [6.45, 7) is 2.45. The number of benzene rings is 4. The monoisotopic (exact) mass is 539 g/mol. The smallest absolute Gasteiger partial charge is 0.0458 e. The SMILES string of the molecule is CC1CC=C2C3=C1N(c1cccc(-c4ccccc4)c1)C1CC(c4ccccc4)=C4C=CC=C(c5ccccc52)C4C31. The summed E-state index contributed by atoms with van der Waals surface area (Å²) in [5.74, 6) is 1.23. The van der Waals surface area contributed by atoms with Crippen molar-refractivity contribution in [1.29, 1.82) is 0 Å². The normalized spacial score (nSPS) is 25.0. The molecule has 0 radical (unpaired) electrons. The van der Waals surface area contributed by atoms with Gasteiger partial charge < -0.3 is 4.90 Å². The molecule has 4 aromatic carbocycles. The molecule has 0 aromatic heterocycles. The number of hydrogen-bond acceptors (Lipinski definition) is 1. The third kappa shape index (κ3) is 3.37. The molecule has 5 aliphatic rings. The molecule has 4 aliphatic carbocycles. The molecule has 4 aromatic rings. The molecule has 0 saturated carbocycles. The molecule has 4 unspecified atom stereocenters. The lowest BCUT2D eigenvalue weighted by Crippen LogP contribution is -2.41. The van der Waals surface area contributed by atoms with Crippen LogP contribution in [0.3, 0.4) is 0 Å². The summed E-state index contributed by atoms with van der Waals surface area (Å²) < 4.78 is 0. The molecule has 0 bridgehead atoms. The van der Waals surface area contributed by atoms with Crippen LogP contribution in [0, 0.1) is 17.8 Å². The van der Waals surface area contributed by atoms with E-state index in [-0.39, 0.29) is 0 Å². The molecule has 202 valence electrons. The summed E-state index contributed by atoms with van der Waals surface area (Å²) in [5, 5.41) is 0. The second-order valence-electron chi connectivity index (χ2n) is 12.4. The van der Waals surface area contributed by atoms with Gasteiger partial charge in [-0.25, -0.2) is 0 Å². The van der Waals surface area contributed by atoms with Crippen LogP contribution in [0.1, 0.15) is 36.5 Å². The Kier molecular flexibility index (Phi) is 5.26. The van der Waals surface area contributed by atoms with Crippen molar-refractivity contribution >= 4 is 22.4 Å². The fraction of sp³-hybridized carbons (Fsp3) is 0.171. The number of allylic oxidation sites excluding steroid dienone is 8. The highest BCUT2D eigenvalue weighted by Gasteiger charge is 2.54. The molecule has 1 nitrogen and oxygen atoms in total. The van der Waals surface area contributed by atoms with Crippen molar-refractivity contribution in [2.45, 2.75) is 25.8 Å². The van der Waals surface area contributed by atoms with Gasteiger partial charge in [-0.1, -0.05) is 128 Å². The Morgan fingerprint density at radius 3 is 2.24 bits per heavy atom. The van der Waals surface area contributed by atoms with Crippen molar-refractivity contribution in [2.24, 2.45) is 17.8 Å². The van der Waals surface area contributed by atoms with E-state index in [9.17, 15) is 0 Å². The largest absolute Gasteiger partial charge is 0.340 e. The van der Waals surface area contributed by atoms with Crippen LogP contribution in [-0.4, -0.2) is 6.04 Å². The van der Waals surface area contributed by atoms with Crippen LogP contribution in [0.25, 0.3) is 27.8 Å². The summed E-state index contributed by atoms with van der Waals surface area (Å²) in [7, 11) is 0. The first-order valence-corrected chi connectivity index (χ1v) is 15.4. The number of hydrogen-bond donors (Lipinski definition) is 0. The van der Waals surface area contributed by atoms with E-state index >= 15 is 0 Å². The topological polar surface area (TPSA) is 3.24 Å². The molecule has 1 heterocycles. The first-order chi connectivity index (χ1) is 20.8. The van der Waals surface area contributed by atoms with E-state index in [4.69, 9.17) is 0 Å². The molecule has 0 saturated heterocycles. The lowest BCUT2D eigenvalue weighted by Gasteiger charge is -2.43. The van der Waals surface area contributed by atoms with Gasteiger partial charge in [-0.15, -0.1) is 0 Å². The molecular formula is C41H33N. The summed E-state index contributed by atoms with van der Waals surface area (Å²) >= 11 is 0. The van der Waals surface area contributed by atoms with Gasteiger partial charge in [0.05, 0.1) is 0 Å². The highest BCUT2D eigenvalue weighted by atomic mass is 15.2. The van der Waals surface area contributed by atoms with Crippen molar-refractivity contribution in [3.63, 3.8) is 0 Å². The van der Waals surface area contributed by atoms with Crippen molar-refractivity contribution < 1.29 is 0 Å². The number of anilines is 1. The van der Waals surface area contributed by atoms with Gasteiger partial charge in [0.1, 0.15) is 0 Å². The third-order valence-corrected chi connectivity index (χ3v) is 10.3. The van der Waals surface area contributed by atoms with Gasteiger partial charge in [0, 0.05) is 35.2 Å². The molecular weight excluding hydrogens is 506 g/mol. The maximum atomic E-state index is 2.79. The van der Waals surface area contributed by atoms with E-state index in [1.54, 1.807) is 11.3 Å². The summed E-state index contributed by atoms with van der Waals surface area (Å²) in [4.78, 5) is 2.79. The Balaban J connectivity index is 1.32. The maximum Gasteiger partial charge on any atom is 0.0458 e. The standard InChI is InChI=1S/C41H33N/c1-26-22-23-35-32-19-9-8-18-31(32)33-20-11-21-34-36(28-14-6-3-7-15-28)25-37-40(38(33)34)39(35)41(26)42(37)30-17-10-16-29(24-30)27-12-4-2-5-13-27/h2-21,23-24,26,37-38,40H,22,25H2,1H3. The van der Waals surface area contributed by atoms with Crippen molar-refractivity contribution in [1.82, 2.24) is 0 Å². The van der Waals surface area contributed by atoms with Crippen molar-refractivity contribution in [2.75, 3.05) is 4.90 Å². The van der Waals surface area contributed by atoms with Crippen LogP contribution in [-0.2, 0) is 0 Å². The second kappa shape index (κ2) is 9.19. The average molecular weight is 540 g/mol. The van der Waals surface area contributed by atoms with Gasteiger partial charge in [-0.05, 0) is 80.7 Å². The van der Waals surface area contributed by atoms with E-state index in [1.807, 2.05) is 0 Å². The molecule has 0 fully saturated rings. The fourth-order valence-corrected chi connectivity index (χ4v) is 8.61.